The van der Waals surface area contributed by atoms with Gasteiger partial charge >= 0.3 is 0 Å². The van der Waals surface area contributed by atoms with E-state index in [0.29, 0.717) is 37.7 Å². The van der Waals surface area contributed by atoms with Crippen molar-refractivity contribution < 1.29 is 9.21 Å². The molecule has 3 aromatic carbocycles. The molecule has 0 fully saturated rings. The van der Waals surface area contributed by atoms with E-state index in [2.05, 4.69) is 10.5 Å². The molecule has 1 amide bonds. The zero-order valence-electron chi connectivity index (χ0n) is 17.8. The number of hydrogen-bond donors (Lipinski definition) is 1. The Morgan fingerprint density at radius 2 is 1.59 bits per heavy atom. The third kappa shape index (κ3) is 4.62. The van der Waals surface area contributed by atoms with Gasteiger partial charge in [0.2, 0.25) is 0 Å². The maximum absolute atomic E-state index is 12.8. The van der Waals surface area contributed by atoms with Gasteiger partial charge in [-0.05, 0) is 60.7 Å². The predicted molar refractivity (Wildman–Crippen MR) is 136 cm³/mol. The number of hydrogen-bond acceptors (Lipinski definition) is 5. The first-order chi connectivity index (χ1) is 16.6. The number of pyridine rings is 1. The lowest BCUT2D eigenvalue weighted by Crippen LogP contribution is -2.25. The monoisotopic (exact) mass is 487 g/mol. The second kappa shape index (κ2) is 9.59. The third-order valence-corrected chi connectivity index (χ3v) is 6.38. The molecule has 0 unspecified atom stereocenters. The zero-order valence-corrected chi connectivity index (χ0v) is 19.3. The van der Waals surface area contributed by atoms with E-state index in [0.717, 1.165) is 4.90 Å². The summed E-state index contributed by atoms with van der Waals surface area (Å²) in [6.07, 6.45) is 1.45. The van der Waals surface area contributed by atoms with Gasteiger partial charge in [-0.1, -0.05) is 47.6 Å². The van der Waals surface area contributed by atoms with Crippen molar-refractivity contribution in [3.63, 3.8) is 0 Å². The van der Waals surface area contributed by atoms with Gasteiger partial charge in [-0.2, -0.15) is 5.10 Å². The number of amides is 1. The Hall–Kier alpha value is -3.81. The molecule has 0 aliphatic heterocycles. The van der Waals surface area contributed by atoms with Gasteiger partial charge in [0.1, 0.15) is 12.3 Å². The lowest BCUT2D eigenvalue weighted by atomic mass is 10.1. The van der Waals surface area contributed by atoms with Crippen molar-refractivity contribution in [3.8, 4) is 0 Å². The van der Waals surface area contributed by atoms with Crippen LogP contribution in [0.3, 0.4) is 0 Å². The van der Waals surface area contributed by atoms with Crippen LogP contribution in [-0.2, 0) is 11.3 Å². The standard InChI is InChI=1S/C26H18ClN3O3S/c27-17-9-12-19(13-10-17)34-25-14-11-18(33-25)15-28-29-24(31)16-30-22-7-3-1-5-20(22)26(32)21-6-2-4-8-23(21)30/h1-15H,16H2,(H,29,31)/b28-15+. The summed E-state index contributed by atoms with van der Waals surface area (Å²) < 4.78 is 7.56. The number of carbonyl (C=O) groups is 1. The highest BCUT2D eigenvalue weighted by Gasteiger charge is 2.12. The van der Waals surface area contributed by atoms with E-state index in [-0.39, 0.29) is 17.9 Å². The first-order valence-electron chi connectivity index (χ1n) is 10.4. The van der Waals surface area contributed by atoms with Gasteiger partial charge in [-0.3, -0.25) is 9.59 Å². The van der Waals surface area contributed by atoms with Crippen molar-refractivity contribution in [1.82, 2.24) is 9.99 Å². The van der Waals surface area contributed by atoms with Crippen molar-refractivity contribution >= 4 is 57.3 Å². The molecular formula is C26H18ClN3O3S. The molecule has 0 bridgehead atoms. The Balaban J connectivity index is 1.31. The van der Waals surface area contributed by atoms with E-state index in [9.17, 15) is 9.59 Å². The predicted octanol–water partition coefficient (Wildman–Crippen LogP) is 5.70. The van der Waals surface area contributed by atoms with Crippen molar-refractivity contribution in [2.75, 3.05) is 0 Å². The van der Waals surface area contributed by atoms with Gasteiger partial charge in [-0.25, -0.2) is 5.43 Å². The number of aromatic nitrogens is 1. The van der Waals surface area contributed by atoms with Crippen LogP contribution in [0.5, 0.6) is 0 Å². The molecule has 0 aliphatic rings. The number of nitrogens with zero attached hydrogens (tertiary/aromatic N) is 2. The normalized spacial score (nSPS) is 11.4. The van der Waals surface area contributed by atoms with Gasteiger partial charge in [0, 0.05) is 20.7 Å². The van der Waals surface area contributed by atoms with Crippen LogP contribution >= 0.6 is 23.4 Å². The smallest absolute Gasteiger partial charge is 0.260 e. The van der Waals surface area contributed by atoms with E-state index in [1.54, 1.807) is 18.2 Å². The van der Waals surface area contributed by atoms with Gasteiger partial charge in [-0.15, -0.1) is 0 Å². The Labute approximate surface area is 203 Å². The van der Waals surface area contributed by atoms with Crippen molar-refractivity contribution in [2.45, 2.75) is 16.5 Å². The van der Waals surface area contributed by atoms with E-state index in [1.165, 1.54) is 18.0 Å². The van der Waals surface area contributed by atoms with Crippen LogP contribution in [-0.4, -0.2) is 16.7 Å². The first-order valence-corrected chi connectivity index (χ1v) is 11.6. The summed E-state index contributed by atoms with van der Waals surface area (Å²) in [6.45, 7) is 0.00840. The van der Waals surface area contributed by atoms with Crippen LogP contribution in [0.1, 0.15) is 5.76 Å². The molecule has 2 aromatic heterocycles. The summed E-state index contributed by atoms with van der Waals surface area (Å²) in [5.41, 5.74) is 3.88. The number of para-hydroxylation sites is 2. The minimum atomic E-state index is -0.322. The summed E-state index contributed by atoms with van der Waals surface area (Å²) in [7, 11) is 0. The highest BCUT2D eigenvalue weighted by atomic mass is 35.5. The molecule has 34 heavy (non-hydrogen) atoms. The number of rotatable bonds is 6. The van der Waals surface area contributed by atoms with Crippen LogP contribution < -0.4 is 10.9 Å². The Bertz CT molecular complexity index is 1530. The fourth-order valence-corrected chi connectivity index (χ4v) is 4.58. The Kier molecular flexibility index (Phi) is 6.20. The first kappa shape index (κ1) is 22.0. The highest BCUT2D eigenvalue weighted by molar-refractivity contribution is 7.99. The van der Waals surface area contributed by atoms with Crippen LogP contribution in [0.4, 0.5) is 0 Å². The molecule has 5 rings (SSSR count). The molecule has 2 heterocycles. The van der Waals surface area contributed by atoms with Gasteiger partial charge in [0.25, 0.3) is 5.91 Å². The van der Waals surface area contributed by atoms with E-state index < -0.39 is 0 Å². The molecular weight excluding hydrogens is 470 g/mol. The topological polar surface area (TPSA) is 76.6 Å². The van der Waals surface area contributed by atoms with Crippen LogP contribution in [0.15, 0.2) is 109 Å². The average molecular weight is 488 g/mol. The minimum Gasteiger partial charge on any atom is -0.448 e. The Morgan fingerprint density at radius 1 is 0.941 bits per heavy atom. The SMILES string of the molecule is O=C(Cn1c2ccccc2c(=O)c2ccccc21)N/N=C/c1ccc(Sc2ccc(Cl)cc2)o1. The molecule has 0 saturated heterocycles. The van der Waals surface area contributed by atoms with Crippen LogP contribution in [0.2, 0.25) is 5.02 Å². The summed E-state index contributed by atoms with van der Waals surface area (Å²) >= 11 is 7.38. The molecule has 1 N–H and O–H groups in total. The van der Waals surface area contributed by atoms with Gasteiger partial charge in [0.05, 0.1) is 17.2 Å². The number of halogens is 1. The minimum absolute atomic E-state index is 0.00840. The number of hydrazone groups is 1. The average Bonchev–Trinajstić information content (AvgIpc) is 3.30. The van der Waals surface area contributed by atoms with Crippen molar-refractivity contribution in [1.29, 1.82) is 0 Å². The second-order valence-corrected chi connectivity index (χ2v) is 8.97. The molecule has 0 radical (unpaired) electrons. The molecule has 5 aromatic rings. The van der Waals surface area contributed by atoms with E-state index in [4.69, 9.17) is 16.0 Å². The van der Waals surface area contributed by atoms with Gasteiger partial charge in [0.15, 0.2) is 10.5 Å². The van der Waals surface area contributed by atoms with Crippen molar-refractivity contribution in [2.24, 2.45) is 5.10 Å². The van der Waals surface area contributed by atoms with Crippen LogP contribution in [0.25, 0.3) is 21.8 Å². The summed E-state index contributed by atoms with van der Waals surface area (Å²) in [5.74, 6) is 0.188. The molecule has 168 valence electrons. The molecule has 0 spiro atoms. The maximum Gasteiger partial charge on any atom is 0.260 e. The van der Waals surface area contributed by atoms with E-state index in [1.807, 2.05) is 71.3 Å². The fraction of sp³-hybridized carbons (Fsp3) is 0.0385. The lowest BCUT2D eigenvalue weighted by molar-refractivity contribution is -0.121. The number of carbonyl (C=O) groups excluding carboxylic acids is 1. The molecule has 8 heteroatoms. The second-order valence-electron chi connectivity index (χ2n) is 7.46. The summed E-state index contributed by atoms with van der Waals surface area (Å²) in [4.78, 5) is 26.5. The Morgan fingerprint density at radius 3 is 2.26 bits per heavy atom. The summed E-state index contributed by atoms with van der Waals surface area (Å²) in [5, 5.41) is 6.54. The van der Waals surface area contributed by atoms with Crippen LogP contribution in [0, 0.1) is 0 Å². The van der Waals surface area contributed by atoms with Crippen molar-refractivity contribution in [3.05, 3.63) is 106 Å². The quantitative estimate of drug-likeness (QED) is 0.189. The number of fused-ring (bicyclic) bond motifs is 2. The molecule has 0 aliphatic carbocycles. The summed E-state index contributed by atoms with van der Waals surface area (Å²) in [6, 6.07) is 25.6. The zero-order chi connectivity index (χ0) is 23.5. The highest BCUT2D eigenvalue weighted by Crippen LogP contribution is 2.29. The molecule has 0 atom stereocenters. The number of benzene rings is 3. The number of nitrogens with one attached hydrogen (secondary N) is 1. The van der Waals surface area contributed by atoms with Gasteiger partial charge < -0.3 is 8.98 Å². The number of furan rings is 1. The molecule has 0 saturated carbocycles. The van der Waals surface area contributed by atoms with E-state index >= 15 is 0 Å². The lowest BCUT2D eigenvalue weighted by Gasteiger charge is -2.14. The molecule has 6 nitrogen and oxygen atoms in total. The maximum atomic E-state index is 12.8. The largest absolute Gasteiger partial charge is 0.448 e. The third-order valence-electron chi connectivity index (χ3n) is 5.20. The fourth-order valence-electron chi connectivity index (χ4n) is 3.67.